The van der Waals surface area contributed by atoms with Crippen molar-refractivity contribution in [2.24, 2.45) is 0 Å². The third-order valence-electron chi connectivity index (χ3n) is 2.49. The quantitative estimate of drug-likeness (QED) is 0.839. The summed E-state index contributed by atoms with van der Waals surface area (Å²) < 4.78 is 0. The molecule has 94 valence electrons. The monoisotopic (exact) mass is 261 g/mol. The average Bonchev–Trinajstić information content (AvgIpc) is 2.90. The molecular formula is C13H15N3OS. The molecule has 0 radical (unpaired) electrons. The largest absolute Gasteiger partial charge is 0.341 e. The van der Waals surface area contributed by atoms with Crippen LogP contribution in [0.5, 0.6) is 0 Å². The minimum Gasteiger partial charge on any atom is -0.341 e. The number of hydrogen-bond donors (Lipinski definition) is 1. The first kappa shape index (κ1) is 12.7. The van der Waals surface area contributed by atoms with Crippen molar-refractivity contribution in [3.63, 3.8) is 0 Å². The van der Waals surface area contributed by atoms with E-state index in [4.69, 9.17) is 0 Å². The van der Waals surface area contributed by atoms with E-state index in [1.807, 2.05) is 37.4 Å². The summed E-state index contributed by atoms with van der Waals surface area (Å²) in [6, 6.07) is 9.96. The van der Waals surface area contributed by atoms with Gasteiger partial charge in [0.25, 0.3) is 0 Å². The van der Waals surface area contributed by atoms with Crippen molar-refractivity contribution in [2.45, 2.75) is 11.7 Å². The van der Waals surface area contributed by atoms with Crippen molar-refractivity contribution in [2.75, 3.05) is 12.8 Å². The maximum atomic E-state index is 11.9. The number of nitrogens with one attached hydrogen (secondary N) is 1. The summed E-state index contributed by atoms with van der Waals surface area (Å²) in [5.74, 6) is 0.497. The molecule has 0 saturated heterocycles. The number of H-pyrrole nitrogens is 1. The van der Waals surface area contributed by atoms with Gasteiger partial charge in [-0.15, -0.1) is 0 Å². The Hall–Kier alpha value is -1.75. The Bertz CT molecular complexity index is 484. The molecule has 0 spiro atoms. The SMILES string of the molecule is CN(Cc1ccccc1)C(=O)CSc1ncc[nH]1. The highest BCUT2D eigenvalue weighted by molar-refractivity contribution is 7.99. The van der Waals surface area contributed by atoms with Gasteiger partial charge < -0.3 is 9.88 Å². The van der Waals surface area contributed by atoms with E-state index in [2.05, 4.69) is 9.97 Å². The van der Waals surface area contributed by atoms with Gasteiger partial charge in [0.05, 0.1) is 5.75 Å². The predicted octanol–water partition coefficient (Wildman–Crippen LogP) is 2.16. The predicted molar refractivity (Wildman–Crippen MR) is 72.2 cm³/mol. The summed E-state index contributed by atoms with van der Waals surface area (Å²) >= 11 is 1.42. The van der Waals surface area contributed by atoms with Crippen LogP contribution < -0.4 is 0 Å². The van der Waals surface area contributed by atoms with E-state index in [1.165, 1.54) is 11.8 Å². The highest BCUT2D eigenvalue weighted by atomic mass is 32.2. The summed E-state index contributed by atoms with van der Waals surface area (Å²) in [7, 11) is 1.82. The smallest absolute Gasteiger partial charge is 0.233 e. The number of benzene rings is 1. The topological polar surface area (TPSA) is 49.0 Å². The number of hydrogen-bond acceptors (Lipinski definition) is 3. The summed E-state index contributed by atoms with van der Waals surface area (Å²) in [5.41, 5.74) is 1.14. The Morgan fingerprint density at radius 1 is 1.39 bits per heavy atom. The number of nitrogens with zero attached hydrogens (tertiary/aromatic N) is 2. The van der Waals surface area contributed by atoms with Crippen LogP contribution in [0.15, 0.2) is 47.9 Å². The first-order chi connectivity index (χ1) is 8.75. The molecule has 0 aliphatic carbocycles. The zero-order valence-corrected chi connectivity index (χ0v) is 11.0. The van der Waals surface area contributed by atoms with Crippen LogP contribution in [-0.2, 0) is 11.3 Å². The molecule has 0 atom stereocenters. The first-order valence-corrected chi connectivity index (χ1v) is 6.64. The van der Waals surface area contributed by atoms with E-state index < -0.39 is 0 Å². The second-order valence-corrected chi connectivity index (χ2v) is 4.88. The van der Waals surface area contributed by atoms with Gasteiger partial charge in [-0.25, -0.2) is 4.98 Å². The molecule has 4 nitrogen and oxygen atoms in total. The van der Waals surface area contributed by atoms with E-state index in [1.54, 1.807) is 17.3 Å². The van der Waals surface area contributed by atoms with Crippen LogP contribution >= 0.6 is 11.8 Å². The number of rotatable bonds is 5. The molecule has 1 aromatic heterocycles. The maximum absolute atomic E-state index is 11.9. The molecule has 2 aromatic rings. The van der Waals surface area contributed by atoms with Crippen molar-refractivity contribution in [3.05, 3.63) is 48.3 Å². The summed E-state index contributed by atoms with van der Waals surface area (Å²) in [5, 5.41) is 0.775. The van der Waals surface area contributed by atoms with Crippen LogP contribution in [-0.4, -0.2) is 33.6 Å². The minimum atomic E-state index is 0.0975. The second-order valence-electron chi connectivity index (χ2n) is 3.92. The number of thioether (sulfide) groups is 1. The fourth-order valence-corrected chi connectivity index (χ4v) is 2.28. The van der Waals surface area contributed by atoms with E-state index in [0.29, 0.717) is 12.3 Å². The lowest BCUT2D eigenvalue weighted by atomic mass is 10.2. The number of imidazole rings is 1. The molecule has 0 bridgehead atoms. The zero-order valence-electron chi connectivity index (χ0n) is 10.2. The molecule has 1 aromatic carbocycles. The maximum Gasteiger partial charge on any atom is 0.233 e. The van der Waals surface area contributed by atoms with E-state index in [9.17, 15) is 4.79 Å². The van der Waals surface area contributed by atoms with Crippen LogP contribution in [0.2, 0.25) is 0 Å². The van der Waals surface area contributed by atoms with E-state index in [-0.39, 0.29) is 5.91 Å². The fourth-order valence-electron chi connectivity index (χ4n) is 1.52. The Morgan fingerprint density at radius 3 is 2.83 bits per heavy atom. The normalized spacial score (nSPS) is 10.3. The second kappa shape index (κ2) is 6.26. The number of aromatic amines is 1. The molecule has 18 heavy (non-hydrogen) atoms. The van der Waals surface area contributed by atoms with Gasteiger partial charge in [0.1, 0.15) is 0 Å². The molecule has 5 heteroatoms. The summed E-state index contributed by atoms with van der Waals surface area (Å²) in [6.45, 7) is 0.637. The average molecular weight is 261 g/mol. The van der Waals surface area contributed by atoms with Gasteiger partial charge >= 0.3 is 0 Å². The lowest BCUT2D eigenvalue weighted by Gasteiger charge is -2.16. The molecule has 0 unspecified atom stereocenters. The Balaban J connectivity index is 1.82. The van der Waals surface area contributed by atoms with Gasteiger partial charge in [-0.3, -0.25) is 4.79 Å². The van der Waals surface area contributed by atoms with Crippen molar-refractivity contribution < 1.29 is 4.79 Å². The van der Waals surface area contributed by atoms with Crippen LogP contribution in [0, 0.1) is 0 Å². The van der Waals surface area contributed by atoms with E-state index in [0.717, 1.165) is 10.7 Å². The molecule has 0 fully saturated rings. The van der Waals surface area contributed by atoms with Crippen LogP contribution in [0.1, 0.15) is 5.56 Å². The van der Waals surface area contributed by atoms with Crippen molar-refractivity contribution in [3.8, 4) is 0 Å². The fraction of sp³-hybridized carbons (Fsp3) is 0.231. The van der Waals surface area contributed by atoms with Crippen LogP contribution in [0.25, 0.3) is 0 Å². The van der Waals surface area contributed by atoms with Crippen LogP contribution in [0.3, 0.4) is 0 Å². The number of aromatic nitrogens is 2. The molecule has 2 rings (SSSR count). The Labute approximate surface area is 110 Å². The van der Waals surface area contributed by atoms with Gasteiger partial charge in [-0.2, -0.15) is 0 Å². The number of carbonyl (C=O) groups excluding carboxylic acids is 1. The molecule has 0 aliphatic rings. The molecule has 0 saturated carbocycles. The third-order valence-corrected chi connectivity index (χ3v) is 3.38. The molecule has 0 aliphatic heterocycles. The lowest BCUT2D eigenvalue weighted by Crippen LogP contribution is -2.27. The van der Waals surface area contributed by atoms with Gasteiger partial charge in [-0.1, -0.05) is 42.1 Å². The highest BCUT2D eigenvalue weighted by Gasteiger charge is 2.10. The van der Waals surface area contributed by atoms with E-state index >= 15 is 0 Å². The van der Waals surface area contributed by atoms with Gasteiger partial charge in [0.15, 0.2) is 5.16 Å². The van der Waals surface area contributed by atoms with Gasteiger partial charge in [0, 0.05) is 26.0 Å². The Kier molecular flexibility index (Phi) is 4.41. The van der Waals surface area contributed by atoms with Crippen molar-refractivity contribution in [1.82, 2.24) is 14.9 Å². The molecular weight excluding hydrogens is 246 g/mol. The Morgan fingerprint density at radius 2 is 2.17 bits per heavy atom. The molecule has 1 N–H and O–H groups in total. The summed E-state index contributed by atoms with van der Waals surface area (Å²) in [6.07, 6.45) is 3.43. The van der Waals surface area contributed by atoms with Gasteiger partial charge in [-0.05, 0) is 5.56 Å². The number of carbonyl (C=O) groups is 1. The molecule has 1 amide bonds. The minimum absolute atomic E-state index is 0.0975. The first-order valence-electron chi connectivity index (χ1n) is 5.66. The molecule has 1 heterocycles. The standard InChI is InChI=1S/C13H15N3OS/c1-16(9-11-5-3-2-4-6-11)12(17)10-18-13-14-7-8-15-13/h2-8H,9-10H2,1H3,(H,14,15). The zero-order chi connectivity index (χ0) is 12.8. The van der Waals surface area contributed by atoms with Crippen molar-refractivity contribution >= 4 is 17.7 Å². The summed E-state index contributed by atoms with van der Waals surface area (Å²) in [4.78, 5) is 20.7. The van der Waals surface area contributed by atoms with Gasteiger partial charge in [0.2, 0.25) is 5.91 Å². The number of amides is 1. The third kappa shape index (κ3) is 3.63. The lowest BCUT2D eigenvalue weighted by molar-refractivity contribution is -0.127. The van der Waals surface area contributed by atoms with Crippen LogP contribution in [0.4, 0.5) is 0 Å². The van der Waals surface area contributed by atoms with Crippen molar-refractivity contribution in [1.29, 1.82) is 0 Å². The highest BCUT2D eigenvalue weighted by Crippen LogP contribution is 2.12.